The van der Waals surface area contributed by atoms with Crippen LogP contribution in [0.2, 0.25) is 0 Å². The molecule has 0 saturated heterocycles. The third-order valence-electron chi connectivity index (χ3n) is 3.04. The van der Waals surface area contributed by atoms with Crippen LogP contribution in [0.25, 0.3) is 10.9 Å². The van der Waals surface area contributed by atoms with Gasteiger partial charge >= 0.3 is 6.03 Å². The van der Waals surface area contributed by atoms with Crippen molar-refractivity contribution in [3.63, 3.8) is 0 Å². The zero-order valence-corrected chi connectivity index (χ0v) is 11.2. The van der Waals surface area contributed by atoms with Crippen LogP contribution in [0.1, 0.15) is 0 Å². The Morgan fingerprint density at radius 2 is 1.86 bits per heavy atom. The molecule has 4 N–H and O–H groups in total. The van der Waals surface area contributed by atoms with E-state index in [2.05, 4.69) is 15.6 Å². The fraction of sp³-hybridized carbons (Fsp3) is 0. The summed E-state index contributed by atoms with van der Waals surface area (Å²) in [5.74, 6) is 0. The van der Waals surface area contributed by atoms with Crippen LogP contribution >= 0.6 is 0 Å². The number of nitrogens with zero attached hydrogens (tertiary/aromatic N) is 1. The molecule has 2 aromatic carbocycles. The summed E-state index contributed by atoms with van der Waals surface area (Å²) in [6.07, 6.45) is 1.72. The van der Waals surface area contributed by atoms with E-state index in [9.17, 15) is 4.79 Å². The van der Waals surface area contributed by atoms with Gasteiger partial charge in [0.15, 0.2) is 0 Å². The lowest BCUT2D eigenvalue weighted by molar-refractivity contribution is 0.262. The van der Waals surface area contributed by atoms with Crippen molar-refractivity contribution < 1.29 is 4.79 Å². The van der Waals surface area contributed by atoms with Gasteiger partial charge in [-0.2, -0.15) is 0 Å². The van der Waals surface area contributed by atoms with Gasteiger partial charge in [0, 0.05) is 23.0 Å². The monoisotopic (exact) mass is 278 g/mol. The lowest BCUT2D eigenvalue weighted by Gasteiger charge is -2.10. The molecule has 0 unspecified atom stereocenters. The summed E-state index contributed by atoms with van der Waals surface area (Å²) >= 11 is 0. The Hall–Kier alpha value is -3.08. The number of hydrogen-bond donors (Lipinski definition) is 3. The number of nitrogens with two attached hydrogens (primary N) is 1. The van der Waals surface area contributed by atoms with E-state index < -0.39 is 0 Å². The van der Waals surface area contributed by atoms with Gasteiger partial charge in [-0.05, 0) is 42.5 Å². The zero-order chi connectivity index (χ0) is 14.7. The molecule has 0 aliphatic carbocycles. The molecule has 0 atom stereocenters. The van der Waals surface area contributed by atoms with Crippen molar-refractivity contribution in [3.05, 3.63) is 60.8 Å². The molecule has 0 aliphatic heterocycles. The molecule has 104 valence electrons. The van der Waals surface area contributed by atoms with Crippen LogP contribution < -0.4 is 16.4 Å². The predicted molar refractivity (Wildman–Crippen MR) is 85.2 cm³/mol. The van der Waals surface area contributed by atoms with Crippen LogP contribution in [0.3, 0.4) is 0 Å². The van der Waals surface area contributed by atoms with Crippen LogP contribution in [0.4, 0.5) is 21.9 Å². The van der Waals surface area contributed by atoms with E-state index in [4.69, 9.17) is 5.73 Å². The van der Waals surface area contributed by atoms with Crippen molar-refractivity contribution in [2.24, 2.45) is 0 Å². The van der Waals surface area contributed by atoms with Crippen molar-refractivity contribution in [1.82, 2.24) is 4.98 Å². The van der Waals surface area contributed by atoms with Gasteiger partial charge in [0.1, 0.15) is 0 Å². The number of rotatable bonds is 2. The van der Waals surface area contributed by atoms with Gasteiger partial charge in [-0.25, -0.2) is 4.79 Å². The first-order valence-electron chi connectivity index (χ1n) is 6.50. The van der Waals surface area contributed by atoms with Crippen molar-refractivity contribution in [2.75, 3.05) is 16.4 Å². The molecule has 0 saturated carbocycles. The number of benzene rings is 2. The molecule has 2 amide bonds. The number of pyridine rings is 1. The second kappa shape index (κ2) is 5.50. The molecule has 5 heteroatoms. The number of nitrogens with one attached hydrogen (secondary N) is 2. The summed E-state index contributed by atoms with van der Waals surface area (Å²) in [5, 5.41) is 6.46. The number of urea groups is 1. The van der Waals surface area contributed by atoms with Gasteiger partial charge in [0.2, 0.25) is 0 Å². The lowest BCUT2D eigenvalue weighted by Crippen LogP contribution is -2.19. The highest BCUT2D eigenvalue weighted by atomic mass is 16.2. The summed E-state index contributed by atoms with van der Waals surface area (Å²) in [5.41, 5.74) is 8.47. The molecular formula is C16H14N4O. The highest BCUT2D eigenvalue weighted by molar-refractivity contribution is 6.05. The van der Waals surface area contributed by atoms with Gasteiger partial charge < -0.3 is 16.4 Å². The number of fused-ring (bicyclic) bond motifs is 1. The predicted octanol–water partition coefficient (Wildman–Crippen LogP) is 3.46. The first-order chi connectivity index (χ1) is 10.2. The molecule has 3 aromatic rings. The lowest BCUT2D eigenvalue weighted by atomic mass is 10.2. The third-order valence-corrected chi connectivity index (χ3v) is 3.04. The van der Waals surface area contributed by atoms with Gasteiger partial charge in [-0.3, -0.25) is 4.98 Å². The van der Waals surface area contributed by atoms with Crippen molar-refractivity contribution in [2.45, 2.75) is 0 Å². The quantitative estimate of drug-likeness (QED) is 0.628. The van der Waals surface area contributed by atoms with Gasteiger partial charge in [0.25, 0.3) is 0 Å². The molecule has 0 radical (unpaired) electrons. The van der Waals surface area contributed by atoms with Crippen molar-refractivity contribution >= 4 is 34.0 Å². The van der Waals surface area contributed by atoms with E-state index in [1.165, 1.54) is 0 Å². The minimum absolute atomic E-state index is 0.322. The standard InChI is InChI=1S/C16H14N4O/c17-11-4-1-5-12(10-11)19-16(21)20-15-8-2-7-14-13(15)6-3-9-18-14/h1-10H,17H2,(H2,19,20,21). The largest absolute Gasteiger partial charge is 0.399 e. The zero-order valence-electron chi connectivity index (χ0n) is 11.2. The van der Waals surface area contributed by atoms with E-state index >= 15 is 0 Å². The Bertz CT molecular complexity index is 796. The van der Waals surface area contributed by atoms with Crippen LogP contribution in [0, 0.1) is 0 Å². The maximum Gasteiger partial charge on any atom is 0.323 e. The molecule has 1 heterocycles. The van der Waals surface area contributed by atoms with Crippen LogP contribution in [-0.2, 0) is 0 Å². The minimum Gasteiger partial charge on any atom is -0.399 e. The van der Waals surface area contributed by atoms with E-state index in [1.807, 2.05) is 30.3 Å². The number of nitrogen functional groups attached to an aromatic ring is 1. The molecule has 21 heavy (non-hydrogen) atoms. The van der Waals surface area contributed by atoms with E-state index in [0.717, 1.165) is 10.9 Å². The first kappa shape index (κ1) is 12.9. The molecule has 1 aromatic heterocycles. The second-order valence-electron chi connectivity index (χ2n) is 4.58. The molecule has 5 nitrogen and oxygen atoms in total. The third kappa shape index (κ3) is 2.92. The number of aromatic nitrogens is 1. The van der Waals surface area contributed by atoms with Gasteiger partial charge in [0.05, 0.1) is 11.2 Å². The molecule has 0 aliphatic rings. The summed E-state index contributed by atoms with van der Waals surface area (Å²) < 4.78 is 0. The average Bonchev–Trinajstić information content (AvgIpc) is 2.47. The molecule has 0 fully saturated rings. The van der Waals surface area contributed by atoms with Crippen LogP contribution in [-0.4, -0.2) is 11.0 Å². The van der Waals surface area contributed by atoms with Gasteiger partial charge in [-0.15, -0.1) is 0 Å². The Labute approximate surface area is 121 Å². The maximum absolute atomic E-state index is 12.1. The van der Waals surface area contributed by atoms with Crippen molar-refractivity contribution in [3.8, 4) is 0 Å². The highest BCUT2D eigenvalue weighted by Gasteiger charge is 2.06. The molecule has 0 spiro atoms. The average molecular weight is 278 g/mol. The first-order valence-corrected chi connectivity index (χ1v) is 6.50. The summed E-state index contributed by atoms with van der Waals surface area (Å²) in [6.45, 7) is 0. The fourth-order valence-corrected chi connectivity index (χ4v) is 2.11. The van der Waals surface area contributed by atoms with E-state index in [-0.39, 0.29) is 6.03 Å². The normalized spacial score (nSPS) is 10.3. The smallest absolute Gasteiger partial charge is 0.323 e. The second-order valence-corrected chi connectivity index (χ2v) is 4.58. The Kier molecular flexibility index (Phi) is 3.39. The summed E-state index contributed by atoms with van der Waals surface area (Å²) in [7, 11) is 0. The van der Waals surface area contributed by atoms with E-state index in [1.54, 1.807) is 30.5 Å². The Morgan fingerprint density at radius 1 is 1.00 bits per heavy atom. The number of carbonyl (C=O) groups excluding carboxylic acids is 1. The SMILES string of the molecule is Nc1cccc(NC(=O)Nc2cccc3ncccc23)c1. The Balaban J connectivity index is 1.80. The highest BCUT2D eigenvalue weighted by Crippen LogP contribution is 2.21. The van der Waals surface area contributed by atoms with E-state index in [0.29, 0.717) is 17.1 Å². The molecule has 0 bridgehead atoms. The Morgan fingerprint density at radius 3 is 2.71 bits per heavy atom. The maximum atomic E-state index is 12.1. The minimum atomic E-state index is -0.322. The van der Waals surface area contributed by atoms with Crippen LogP contribution in [0.15, 0.2) is 60.8 Å². The number of hydrogen-bond acceptors (Lipinski definition) is 3. The fourth-order valence-electron chi connectivity index (χ4n) is 2.11. The molecule has 3 rings (SSSR count). The topological polar surface area (TPSA) is 80.0 Å². The number of anilines is 3. The summed E-state index contributed by atoms with van der Waals surface area (Å²) in [6, 6.07) is 16.0. The number of carbonyl (C=O) groups is 1. The van der Waals surface area contributed by atoms with Gasteiger partial charge in [-0.1, -0.05) is 12.1 Å². The molecular weight excluding hydrogens is 264 g/mol. The van der Waals surface area contributed by atoms with Crippen LogP contribution in [0.5, 0.6) is 0 Å². The number of amides is 2. The van der Waals surface area contributed by atoms with Crippen molar-refractivity contribution in [1.29, 1.82) is 0 Å². The summed E-state index contributed by atoms with van der Waals surface area (Å²) in [4.78, 5) is 16.3.